The van der Waals surface area contributed by atoms with E-state index in [2.05, 4.69) is 22.9 Å². The molecular formula is C10H11N3. The fraction of sp³-hybridized carbons (Fsp3) is 0.200. The molecule has 0 unspecified atom stereocenters. The maximum absolute atomic E-state index is 8.54. The summed E-state index contributed by atoms with van der Waals surface area (Å²) in [5, 5.41) is 11.5. The van der Waals surface area contributed by atoms with Crippen LogP contribution in [-0.2, 0) is 6.42 Å². The summed E-state index contributed by atoms with van der Waals surface area (Å²) in [5.74, 6) is 0. The van der Waals surface area contributed by atoms with Gasteiger partial charge in [0.25, 0.3) is 0 Å². The van der Waals surface area contributed by atoms with E-state index in [1.54, 1.807) is 12.4 Å². The smallest absolute Gasteiger partial charge is 0.0795 e. The van der Waals surface area contributed by atoms with E-state index in [1.165, 1.54) is 0 Å². The molecule has 13 heavy (non-hydrogen) atoms. The van der Waals surface area contributed by atoms with Gasteiger partial charge in [0, 0.05) is 6.20 Å². The molecule has 0 saturated heterocycles. The third-order valence-electron chi connectivity index (χ3n) is 1.61. The molecular weight excluding hydrogens is 162 g/mol. The third-order valence-corrected chi connectivity index (χ3v) is 1.61. The molecule has 1 aromatic rings. The van der Waals surface area contributed by atoms with Crippen molar-refractivity contribution in [2.45, 2.75) is 13.3 Å². The average Bonchev–Trinajstić information content (AvgIpc) is 2.10. The first-order valence-corrected chi connectivity index (χ1v) is 3.98. The summed E-state index contributed by atoms with van der Waals surface area (Å²) in [6, 6.07) is 4.01. The summed E-state index contributed by atoms with van der Waals surface area (Å²) in [5.41, 5.74) is 2.68. The average molecular weight is 173 g/mol. The van der Waals surface area contributed by atoms with Gasteiger partial charge >= 0.3 is 0 Å². The van der Waals surface area contributed by atoms with Gasteiger partial charge in [-0.25, -0.2) is 0 Å². The Balaban J connectivity index is 3.04. The standard InChI is InChI=1S/C10H11N3/c1-3-12-10-6-8(2)7-13-9(10)4-5-11/h3,6-7,12H,1,4H2,2H3. The Labute approximate surface area is 77.7 Å². The van der Waals surface area contributed by atoms with Crippen LogP contribution in [0.1, 0.15) is 11.3 Å². The van der Waals surface area contributed by atoms with Crippen molar-refractivity contribution in [3.05, 3.63) is 36.3 Å². The summed E-state index contributed by atoms with van der Waals surface area (Å²) in [4.78, 5) is 4.15. The number of aryl methyl sites for hydroxylation is 1. The monoisotopic (exact) mass is 173 g/mol. The lowest BCUT2D eigenvalue weighted by Gasteiger charge is -2.05. The SMILES string of the molecule is C=CNc1cc(C)cnc1CC#N. The zero-order valence-corrected chi connectivity index (χ0v) is 7.54. The van der Waals surface area contributed by atoms with E-state index in [4.69, 9.17) is 5.26 Å². The van der Waals surface area contributed by atoms with Crippen molar-refractivity contribution in [2.24, 2.45) is 0 Å². The predicted octanol–water partition coefficient (Wildman–Crippen LogP) is 2.01. The van der Waals surface area contributed by atoms with E-state index in [0.717, 1.165) is 16.9 Å². The highest BCUT2D eigenvalue weighted by atomic mass is 14.9. The van der Waals surface area contributed by atoms with Crippen molar-refractivity contribution in [1.82, 2.24) is 4.98 Å². The number of nitrogens with zero attached hydrogens (tertiary/aromatic N) is 2. The van der Waals surface area contributed by atoms with Crippen LogP contribution >= 0.6 is 0 Å². The molecule has 1 rings (SSSR count). The molecule has 66 valence electrons. The quantitative estimate of drug-likeness (QED) is 0.760. The van der Waals surface area contributed by atoms with E-state index in [1.807, 2.05) is 13.0 Å². The zero-order chi connectivity index (χ0) is 9.68. The van der Waals surface area contributed by atoms with Gasteiger partial charge in [-0.1, -0.05) is 6.58 Å². The zero-order valence-electron chi connectivity index (χ0n) is 7.54. The molecule has 0 aliphatic rings. The van der Waals surface area contributed by atoms with Crippen molar-refractivity contribution in [1.29, 1.82) is 5.26 Å². The molecule has 0 aliphatic heterocycles. The molecule has 1 N–H and O–H groups in total. The Morgan fingerprint density at radius 2 is 2.54 bits per heavy atom. The lowest BCUT2D eigenvalue weighted by molar-refractivity contribution is 1.10. The van der Waals surface area contributed by atoms with Crippen LogP contribution in [0.3, 0.4) is 0 Å². The van der Waals surface area contributed by atoms with Gasteiger partial charge in [0.05, 0.1) is 23.9 Å². The minimum Gasteiger partial charge on any atom is -0.361 e. The molecule has 0 saturated carbocycles. The maximum atomic E-state index is 8.54. The van der Waals surface area contributed by atoms with E-state index < -0.39 is 0 Å². The van der Waals surface area contributed by atoms with Crippen molar-refractivity contribution >= 4 is 5.69 Å². The second-order valence-corrected chi connectivity index (χ2v) is 2.69. The number of anilines is 1. The van der Waals surface area contributed by atoms with E-state index in [0.29, 0.717) is 6.42 Å². The topological polar surface area (TPSA) is 48.7 Å². The predicted molar refractivity (Wildman–Crippen MR) is 52.1 cm³/mol. The van der Waals surface area contributed by atoms with Gasteiger partial charge in [0.15, 0.2) is 0 Å². The van der Waals surface area contributed by atoms with E-state index >= 15 is 0 Å². The van der Waals surface area contributed by atoms with Crippen molar-refractivity contribution in [3.63, 3.8) is 0 Å². The summed E-state index contributed by atoms with van der Waals surface area (Å²) in [6.07, 6.45) is 3.65. The molecule has 0 radical (unpaired) electrons. The van der Waals surface area contributed by atoms with E-state index in [9.17, 15) is 0 Å². The third kappa shape index (κ3) is 2.31. The lowest BCUT2D eigenvalue weighted by atomic mass is 10.2. The fourth-order valence-electron chi connectivity index (χ4n) is 1.05. The lowest BCUT2D eigenvalue weighted by Crippen LogP contribution is -1.97. The van der Waals surface area contributed by atoms with Crippen LogP contribution in [-0.4, -0.2) is 4.98 Å². The molecule has 3 nitrogen and oxygen atoms in total. The first-order valence-electron chi connectivity index (χ1n) is 3.98. The molecule has 0 atom stereocenters. The highest BCUT2D eigenvalue weighted by Gasteiger charge is 2.01. The molecule has 3 heteroatoms. The summed E-state index contributed by atoms with van der Waals surface area (Å²) >= 11 is 0. The number of rotatable bonds is 3. The highest BCUT2D eigenvalue weighted by Crippen LogP contribution is 2.14. The normalized spacial score (nSPS) is 8.92. The van der Waals surface area contributed by atoms with Gasteiger partial charge in [-0.3, -0.25) is 4.98 Å². The van der Waals surface area contributed by atoms with Crippen molar-refractivity contribution in [2.75, 3.05) is 5.32 Å². The molecule has 1 heterocycles. The maximum Gasteiger partial charge on any atom is 0.0795 e. The largest absolute Gasteiger partial charge is 0.361 e. The molecule has 1 aromatic heterocycles. The second-order valence-electron chi connectivity index (χ2n) is 2.69. The number of pyridine rings is 1. The number of nitriles is 1. The fourth-order valence-corrected chi connectivity index (χ4v) is 1.05. The number of aromatic nitrogens is 1. The summed E-state index contributed by atoms with van der Waals surface area (Å²) in [6.45, 7) is 5.52. The van der Waals surface area contributed by atoms with Crippen molar-refractivity contribution < 1.29 is 0 Å². The molecule has 0 spiro atoms. The van der Waals surface area contributed by atoms with Crippen molar-refractivity contribution in [3.8, 4) is 6.07 Å². The molecule has 0 fully saturated rings. The van der Waals surface area contributed by atoms with Crippen LogP contribution in [0.4, 0.5) is 5.69 Å². The minimum atomic E-state index is 0.316. The summed E-state index contributed by atoms with van der Waals surface area (Å²) < 4.78 is 0. The van der Waals surface area contributed by atoms with Crippen LogP contribution < -0.4 is 5.32 Å². The number of nitrogens with one attached hydrogen (secondary N) is 1. The molecule has 0 bridgehead atoms. The molecule has 0 aliphatic carbocycles. The van der Waals surface area contributed by atoms with Gasteiger partial charge in [-0.15, -0.1) is 0 Å². The number of hydrogen-bond donors (Lipinski definition) is 1. The Bertz CT molecular complexity index is 350. The summed E-state index contributed by atoms with van der Waals surface area (Å²) in [7, 11) is 0. The van der Waals surface area contributed by atoms with Gasteiger partial charge in [-0.2, -0.15) is 5.26 Å². The Hall–Kier alpha value is -1.82. The Morgan fingerprint density at radius 1 is 1.77 bits per heavy atom. The second kappa shape index (κ2) is 4.27. The first kappa shape index (κ1) is 9.27. The Morgan fingerprint density at radius 3 is 3.15 bits per heavy atom. The van der Waals surface area contributed by atoms with Crippen LogP contribution in [0, 0.1) is 18.3 Å². The van der Waals surface area contributed by atoms with Crippen LogP contribution in [0.15, 0.2) is 25.0 Å². The Kier molecular flexibility index (Phi) is 3.04. The van der Waals surface area contributed by atoms with Crippen LogP contribution in [0.2, 0.25) is 0 Å². The number of hydrogen-bond acceptors (Lipinski definition) is 3. The molecule has 0 aromatic carbocycles. The van der Waals surface area contributed by atoms with Gasteiger partial charge in [0.2, 0.25) is 0 Å². The minimum absolute atomic E-state index is 0.316. The van der Waals surface area contributed by atoms with Crippen LogP contribution in [0.5, 0.6) is 0 Å². The highest BCUT2D eigenvalue weighted by molar-refractivity contribution is 5.52. The van der Waals surface area contributed by atoms with E-state index in [-0.39, 0.29) is 0 Å². The first-order chi connectivity index (χ1) is 6.27. The van der Waals surface area contributed by atoms with Crippen LogP contribution in [0.25, 0.3) is 0 Å². The van der Waals surface area contributed by atoms with Gasteiger partial charge in [-0.05, 0) is 24.8 Å². The van der Waals surface area contributed by atoms with Gasteiger partial charge < -0.3 is 5.32 Å². The molecule has 0 amide bonds. The van der Waals surface area contributed by atoms with Gasteiger partial charge in [0.1, 0.15) is 0 Å².